The Balaban J connectivity index is 0.00000200. The summed E-state index contributed by atoms with van der Waals surface area (Å²) in [5.74, 6) is 0. The van der Waals surface area contributed by atoms with Gasteiger partial charge in [0.15, 0.2) is 0 Å². The SMILES string of the molecule is CCCCc1c(C)nc2ccccc2c1SC(N)N.Cl. The third kappa shape index (κ3) is 3.85. The largest absolute Gasteiger partial charge is 0.307 e. The molecule has 0 bridgehead atoms. The molecule has 0 radical (unpaired) electrons. The Bertz CT molecular complexity index is 572. The second-order valence-electron chi connectivity index (χ2n) is 4.71. The first-order valence-corrected chi connectivity index (χ1v) is 7.57. The van der Waals surface area contributed by atoms with Crippen molar-refractivity contribution in [1.29, 1.82) is 0 Å². The molecule has 2 aromatic rings. The summed E-state index contributed by atoms with van der Waals surface area (Å²) in [5.41, 5.74) is 14.6. The lowest BCUT2D eigenvalue weighted by atomic mass is 10.0. The van der Waals surface area contributed by atoms with Gasteiger partial charge in [-0.25, -0.2) is 0 Å². The fraction of sp³-hybridized carbons (Fsp3) is 0.400. The lowest BCUT2D eigenvalue weighted by Gasteiger charge is -2.16. The molecule has 0 spiro atoms. The molecule has 1 aromatic heterocycles. The van der Waals surface area contributed by atoms with Crippen molar-refractivity contribution < 1.29 is 0 Å². The minimum atomic E-state index is -0.398. The summed E-state index contributed by atoms with van der Waals surface area (Å²) in [5, 5.41) is 1.16. The zero-order valence-electron chi connectivity index (χ0n) is 11.9. The Labute approximate surface area is 130 Å². The molecule has 0 amide bonds. The van der Waals surface area contributed by atoms with Crippen molar-refractivity contribution in [2.75, 3.05) is 0 Å². The molecule has 0 fully saturated rings. The highest BCUT2D eigenvalue weighted by Gasteiger charge is 2.14. The van der Waals surface area contributed by atoms with Gasteiger partial charge in [-0.05, 0) is 31.4 Å². The van der Waals surface area contributed by atoms with Gasteiger partial charge in [0.25, 0.3) is 0 Å². The molecular weight excluding hydrogens is 290 g/mol. The monoisotopic (exact) mass is 311 g/mol. The van der Waals surface area contributed by atoms with Gasteiger partial charge < -0.3 is 11.5 Å². The Kier molecular flexibility index (Phi) is 6.76. The van der Waals surface area contributed by atoms with Gasteiger partial charge in [-0.3, -0.25) is 4.98 Å². The molecule has 0 unspecified atom stereocenters. The summed E-state index contributed by atoms with van der Waals surface area (Å²) in [6.07, 6.45) is 3.37. The molecule has 1 heterocycles. The zero-order valence-corrected chi connectivity index (χ0v) is 13.6. The average Bonchev–Trinajstić information content (AvgIpc) is 2.37. The van der Waals surface area contributed by atoms with Gasteiger partial charge in [-0.2, -0.15) is 0 Å². The Morgan fingerprint density at radius 3 is 2.60 bits per heavy atom. The number of hydrogen-bond donors (Lipinski definition) is 2. The van der Waals surface area contributed by atoms with Gasteiger partial charge in [-0.15, -0.1) is 12.4 Å². The van der Waals surface area contributed by atoms with Gasteiger partial charge in [0.05, 0.1) is 5.52 Å². The summed E-state index contributed by atoms with van der Waals surface area (Å²) in [4.78, 5) is 5.90. The minimum Gasteiger partial charge on any atom is -0.307 e. The van der Waals surface area contributed by atoms with Crippen molar-refractivity contribution in [3.63, 3.8) is 0 Å². The number of nitrogens with two attached hydrogens (primary N) is 2. The second-order valence-corrected chi connectivity index (χ2v) is 5.90. The quantitative estimate of drug-likeness (QED) is 0.654. The molecule has 110 valence electrons. The number of aromatic nitrogens is 1. The highest BCUT2D eigenvalue weighted by atomic mass is 35.5. The van der Waals surface area contributed by atoms with E-state index in [1.807, 2.05) is 18.2 Å². The summed E-state index contributed by atoms with van der Waals surface area (Å²) >= 11 is 1.53. The van der Waals surface area contributed by atoms with Crippen LogP contribution in [0.25, 0.3) is 10.9 Å². The molecule has 1 aromatic carbocycles. The topological polar surface area (TPSA) is 64.9 Å². The number of aryl methyl sites for hydroxylation is 1. The molecule has 0 atom stereocenters. The molecular formula is C15H22ClN3S. The number of para-hydroxylation sites is 1. The average molecular weight is 312 g/mol. The third-order valence-corrected chi connectivity index (χ3v) is 4.16. The van der Waals surface area contributed by atoms with E-state index in [1.165, 1.54) is 28.6 Å². The van der Waals surface area contributed by atoms with E-state index in [-0.39, 0.29) is 12.4 Å². The van der Waals surface area contributed by atoms with Crippen molar-refractivity contribution in [2.45, 2.75) is 43.5 Å². The molecule has 3 nitrogen and oxygen atoms in total. The van der Waals surface area contributed by atoms with E-state index in [9.17, 15) is 0 Å². The van der Waals surface area contributed by atoms with E-state index in [4.69, 9.17) is 16.5 Å². The first kappa shape index (κ1) is 17.2. The number of thioether (sulfide) groups is 1. The molecule has 20 heavy (non-hydrogen) atoms. The maximum Gasteiger partial charge on any atom is 0.105 e. The van der Waals surface area contributed by atoms with E-state index in [0.29, 0.717) is 0 Å². The third-order valence-electron chi connectivity index (χ3n) is 3.18. The number of halogens is 1. The molecule has 0 aliphatic carbocycles. The minimum absolute atomic E-state index is 0. The van der Waals surface area contributed by atoms with Crippen molar-refractivity contribution >= 4 is 35.1 Å². The smallest absolute Gasteiger partial charge is 0.105 e. The van der Waals surface area contributed by atoms with Crippen LogP contribution in [-0.4, -0.2) is 10.5 Å². The normalized spacial score (nSPS) is 10.8. The number of pyridine rings is 1. The predicted octanol–water partition coefficient (Wildman–Crippen LogP) is 3.60. The van der Waals surface area contributed by atoms with Crippen LogP contribution in [0.4, 0.5) is 0 Å². The lowest BCUT2D eigenvalue weighted by Crippen LogP contribution is -2.26. The van der Waals surface area contributed by atoms with E-state index >= 15 is 0 Å². The maximum absolute atomic E-state index is 5.78. The summed E-state index contributed by atoms with van der Waals surface area (Å²) in [6.45, 7) is 4.27. The number of unbranched alkanes of at least 4 members (excludes halogenated alkanes) is 1. The molecule has 0 saturated heterocycles. The molecule has 0 saturated carbocycles. The van der Waals surface area contributed by atoms with Crippen molar-refractivity contribution in [3.8, 4) is 0 Å². The molecule has 4 N–H and O–H groups in total. The van der Waals surface area contributed by atoms with Crippen molar-refractivity contribution in [1.82, 2.24) is 4.98 Å². The van der Waals surface area contributed by atoms with Gasteiger partial charge in [-0.1, -0.05) is 43.3 Å². The van der Waals surface area contributed by atoms with Crippen LogP contribution in [0.3, 0.4) is 0 Å². The van der Waals surface area contributed by atoms with Crippen LogP contribution < -0.4 is 11.5 Å². The Morgan fingerprint density at radius 2 is 1.95 bits per heavy atom. The van der Waals surface area contributed by atoms with Gasteiger partial charge in [0, 0.05) is 16.0 Å². The van der Waals surface area contributed by atoms with Crippen LogP contribution in [0, 0.1) is 6.92 Å². The van der Waals surface area contributed by atoms with Crippen LogP contribution in [0.5, 0.6) is 0 Å². The summed E-state index contributed by atoms with van der Waals surface area (Å²) < 4.78 is 0. The lowest BCUT2D eigenvalue weighted by molar-refractivity contribution is 0.777. The highest BCUT2D eigenvalue weighted by Crippen LogP contribution is 2.33. The Morgan fingerprint density at radius 1 is 1.25 bits per heavy atom. The van der Waals surface area contributed by atoms with Crippen molar-refractivity contribution in [3.05, 3.63) is 35.5 Å². The van der Waals surface area contributed by atoms with E-state index in [1.54, 1.807) is 0 Å². The van der Waals surface area contributed by atoms with E-state index < -0.39 is 5.50 Å². The fourth-order valence-electron chi connectivity index (χ4n) is 2.26. The van der Waals surface area contributed by atoms with E-state index in [0.717, 1.165) is 29.4 Å². The standard InChI is InChI=1S/C15H21N3S.ClH/c1-3-4-7-11-10(2)18-13-9-6-5-8-12(13)14(11)19-15(16)17;/h5-6,8-9,15H,3-4,7,16-17H2,1-2H3;1H. The first-order chi connectivity index (χ1) is 9.13. The summed E-state index contributed by atoms with van der Waals surface area (Å²) in [6, 6.07) is 8.19. The van der Waals surface area contributed by atoms with Crippen molar-refractivity contribution in [2.24, 2.45) is 11.5 Å². The molecule has 0 aliphatic heterocycles. The second kappa shape index (κ2) is 7.84. The number of nitrogens with zero attached hydrogens (tertiary/aromatic N) is 1. The molecule has 5 heteroatoms. The van der Waals surface area contributed by atoms with Crippen LogP contribution in [0.15, 0.2) is 29.2 Å². The van der Waals surface area contributed by atoms with Crippen LogP contribution in [0.1, 0.15) is 31.0 Å². The van der Waals surface area contributed by atoms with Gasteiger partial charge >= 0.3 is 0 Å². The number of fused-ring (bicyclic) bond motifs is 1. The van der Waals surface area contributed by atoms with Crippen LogP contribution in [0.2, 0.25) is 0 Å². The number of hydrogen-bond acceptors (Lipinski definition) is 4. The highest BCUT2D eigenvalue weighted by molar-refractivity contribution is 8.00. The molecule has 0 aliphatic rings. The fourth-order valence-corrected chi connectivity index (χ4v) is 3.22. The Hall–Kier alpha value is -0.810. The van der Waals surface area contributed by atoms with Gasteiger partial charge in [0.1, 0.15) is 5.50 Å². The maximum atomic E-state index is 5.78. The predicted molar refractivity (Wildman–Crippen MR) is 90.4 cm³/mol. The number of benzene rings is 1. The van der Waals surface area contributed by atoms with Gasteiger partial charge in [0.2, 0.25) is 0 Å². The first-order valence-electron chi connectivity index (χ1n) is 6.69. The summed E-state index contributed by atoms with van der Waals surface area (Å²) in [7, 11) is 0. The van der Waals surface area contributed by atoms with Crippen LogP contribution >= 0.6 is 24.2 Å². The zero-order chi connectivity index (χ0) is 13.8. The van der Waals surface area contributed by atoms with E-state index in [2.05, 4.69) is 19.9 Å². The number of rotatable bonds is 5. The molecule has 2 rings (SSSR count). The van der Waals surface area contributed by atoms with Crippen LogP contribution in [-0.2, 0) is 6.42 Å².